The Hall–Kier alpha value is -1.71. The van der Waals surface area contributed by atoms with Gasteiger partial charge in [0.2, 0.25) is 5.79 Å². The summed E-state index contributed by atoms with van der Waals surface area (Å²) >= 11 is 0. The number of aliphatic hydroxyl groups excluding tert-OH is 1. The van der Waals surface area contributed by atoms with Gasteiger partial charge in [0.05, 0.1) is 23.0 Å². The van der Waals surface area contributed by atoms with E-state index in [2.05, 4.69) is 0 Å². The van der Waals surface area contributed by atoms with Crippen molar-refractivity contribution in [3.05, 3.63) is 0 Å². The molecule has 9 heteroatoms. The molecule has 2 heterocycles. The minimum atomic E-state index is -1.50. The number of esters is 3. The van der Waals surface area contributed by atoms with Crippen molar-refractivity contribution < 1.29 is 43.2 Å². The van der Waals surface area contributed by atoms with Crippen molar-refractivity contribution in [2.75, 3.05) is 7.11 Å². The van der Waals surface area contributed by atoms with Crippen molar-refractivity contribution in [2.45, 2.75) is 111 Å². The molecule has 0 amide bonds. The number of rotatable bonds is 6. The van der Waals surface area contributed by atoms with Crippen LogP contribution in [-0.2, 0) is 38.1 Å². The SMILES string of the molecule is CO[C@@]12O[C@H](C[C@@H](OC(=O)C(C)(C)C)[C@@H](C)OC(=O)C(C)(C)C)C[C@@H](O)[C@@H]1OC(=O)C2(C)C. The molecule has 0 saturated carbocycles. The van der Waals surface area contributed by atoms with E-state index in [1.54, 1.807) is 62.3 Å². The number of methoxy groups -OCH3 is 1. The van der Waals surface area contributed by atoms with Gasteiger partial charge >= 0.3 is 17.9 Å². The molecule has 0 spiro atoms. The third-order valence-corrected chi connectivity index (χ3v) is 6.28. The molecular weight excluding hydrogens is 432 g/mol. The standard InChI is InChI=1S/C24H40O9/c1-13(30-18(26)21(2,3)4)16(31-19(27)22(5,6)7)12-14-11-15(25)17-24(29-10,33-14)23(8,9)20(28)32-17/h13-17,25H,11-12H2,1-10H3/t13-,14+,15-,16-,17+,24-/m1/s1. The van der Waals surface area contributed by atoms with E-state index < -0.39 is 70.5 Å². The molecule has 2 aliphatic rings. The fourth-order valence-corrected chi connectivity index (χ4v) is 3.97. The van der Waals surface area contributed by atoms with Crippen molar-refractivity contribution >= 4 is 17.9 Å². The number of aliphatic hydroxyl groups is 1. The first-order valence-electron chi connectivity index (χ1n) is 11.4. The van der Waals surface area contributed by atoms with Crippen LogP contribution in [0, 0.1) is 16.2 Å². The molecule has 0 radical (unpaired) electrons. The van der Waals surface area contributed by atoms with Gasteiger partial charge in [0.25, 0.3) is 0 Å². The van der Waals surface area contributed by atoms with Crippen LogP contribution >= 0.6 is 0 Å². The predicted octanol–water partition coefficient (Wildman–Crippen LogP) is 2.76. The summed E-state index contributed by atoms with van der Waals surface area (Å²) in [6.07, 6.45) is -4.03. The zero-order chi connectivity index (χ0) is 25.6. The molecule has 0 aliphatic carbocycles. The summed E-state index contributed by atoms with van der Waals surface area (Å²) < 4.78 is 28.7. The molecule has 0 aromatic carbocycles. The van der Waals surface area contributed by atoms with Crippen LogP contribution in [0.25, 0.3) is 0 Å². The molecule has 33 heavy (non-hydrogen) atoms. The van der Waals surface area contributed by atoms with Gasteiger partial charge < -0.3 is 28.8 Å². The Morgan fingerprint density at radius 3 is 2.09 bits per heavy atom. The van der Waals surface area contributed by atoms with Crippen molar-refractivity contribution in [2.24, 2.45) is 16.2 Å². The number of ether oxygens (including phenoxy) is 5. The molecule has 9 nitrogen and oxygen atoms in total. The van der Waals surface area contributed by atoms with E-state index >= 15 is 0 Å². The second-order valence-corrected chi connectivity index (χ2v) is 11.7. The average Bonchev–Trinajstić information content (AvgIpc) is 2.86. The lowest BCUT2D eigenvalue weighted by atomic mass is 9.78. The highest BCUT2D eigenvalue weighted by Crippen LogP contribution is 2.51. The molecule has 0 unspecified atom stereocenters. The maximum absolute atomic E-state index is 12.7. The number of carbonyl (C=O) groups excluding carboxylic acids is 3. The summed E-state index contributed by atoms with van der Waals surface area (Å²) in [5.74, 6) is -2.92. The molecule has 0 bridgehead atoms. The molecule has 2 saturated heterocycles. The highest BCUT2D eigenvalue weighted by molar-refractivity contribution is 5.80. The first kappa shape index (κ1) is 27.5. The zero-order valence-electron chi connectivity index (χ0n) is 21.5. The van der Waals surface area contributed by atoms with Crippen molar-refractivity contribution in [3.63, 3.8) is 0 Å². The van der Waals surface area contributed by atoms with Gasteiger partial charge in [-0.2, -0.15) is 0 Å². The van der Waals surface area contributed by atoms with E-state index in [0.717, 1.165) is 0 Å². The Kier molecular flexibility index (Phi) is 7.63. The summed E-state index contributed by atoms with van der Waals surface area (Å²) in [4.78, 5) is 37.6. The maximum atomic E-state index is 12.7. The highest BCUT2D eigenvalue weighted by Gasteiger charge is 2.69. The monoisotopic (exact) mass is 472 g/mol. The molecule has 0 aromatic rings. The van der Waals surface area contributed by atoms with Crippen LogP contribution in [0.4, 0.5) is 0 Å². The third-order valence-electron chi connectivity index (χ3n) is 6.28. The van der Waals surface area contributed by atoms with Gasteiger partial charge in [-0.25, -0.2) is 0 Å². The summed E-state index contributed by atoms with van der Waals surface area (Å²) in [7, 11) is 1.40. The molecular formula is C24H40O9. The van der Waals surface area contributed by atoms with Crippen LogP contribution < -0.4 is 0 Å². The van der Waals surface area contributed by atoms with Gasteiger partial charge in [0.1, 0.15) is 17.6 Å². The second-order valence-electron chi connectivity index (χ2n) is 11.7. The first-order chi connectivity index (χ1) is 14.9. The third kappa shape index (κ3) is 5.35. The Balaban J connectivity index is 2.30. The first-order valence-corrected chi connectivity index (χ1v) is 11.4. The lowest BCUT2D eigenvalue weighted by Gasteiger charge is -2.47. The summed E-state index contributed by atoms with van der Waals surface area (Å²) in [5.41, 5.74) is -2.68. The lowest BCUT2D eigenvalue weighted by Crippen LogP contribution is -2.62. The van der Waals surface area contributed by atoms with Gasteiger partial charge in [0.15, 0.2) is 6.10 Å². The van der Waals surface area contributed by atoms with Crippen LogP contribution in [-0.4, -0.2) is 66.4 Å². The van der Waals surface area contributed by atoms with Gasteiger partial charge in [-0.05, 0) is 62.3 Å². The summed E-state index contributed by atoms with van der Waals surface area (Å²) in [5, 5.41) is 10.8. The molecule has 2 fully saturated rings. The number of fused-ring (bicyclic) bond motifs is 1. The fourth-order valence-electron chi connectivity index (χ4n) is 3.97. The average molecular weight is 473 g/mol. The Morgan fingerprint density at radius 2 is 1.61 bits per heavy atom. The molecule has 190 valence electrons. The molecule has 0 aromatic heterocycles. The zero-order valence-corrected chi connectivity index (χ0v) is 21.5. The summed E-state index contributed by atoms with van der Waals surface area (Å²) in [6.45, 7) is 15.3. The highest BCUT2D eigenvalue weighted by atomic mass is 16.7. The van der Waals surface area contributed by atoms with E-state index in [9.17, 15) is 19.5 Å². The smallest absolute Gasteiger partial charge is 0.317 e. The summed E-state index contributed by atoms with van der Waals surface area (Å²) in [6, 6.07) is 0. The number of hydrogen-bond acceptors (Lipinski definition) is 9. The Bertz CT molecular complexity index is 761. The minimum absolute atomic E-state index is 0.125. The number of hydrogen-bond donors (Lipinski definition) is 1. The van der Waals surface area contributed by atoms with E-state index in [1.165, 1.54) is 7.11 Å². The maximum Gasteiger partial charge on any atom is 0.317 e. The van der Waals surface area contributed by atoms with Crippen LogP contribution in [0.15, 0.2) is 0 Å². The Labute approximate surface area is 196 Å². The number of carbonyl (C=O) groups is 3. The molecule has 2 aliphatic heterocycles. The topological polar surface area (TPSA) is 118 Å². The molecule has 6 atom stereocenters. The van der Waals surface area contributed by atoms with Crippen LogP contribution in [0.5, 0.6) is 0 Å². The van der Waals surface area contributed by atoms with Crippen molar-refractivity contribution in [1.82, 2.24) is 0 Å². The van der Waals surface area contributed by atoms with E-state index in [-0.39, 0.29) is 12.8 Å². The fraction of sp³-hybridized carbons (Fsp3) is 0.875. The lowest BCUT2D eigenvalue weighted by molar-refractivity contribution is -0.340. The van der Waals surface area contributed by atoms with E-state index in [1.807, 2.05) is 0 Å². The van der Waals surface area contributed by atoms with Crippen molar-refractivity contribution in [3.8, 4) is 0 Å². The van der Waals surface area contributed by atoms with Gasteiger partial charge in [0, 0.05) is 20.0 Å². The van der Waals surface area contributed by atoms with Gasteiger partial charge in [-0.15, -0.1) is 0 Å². The van der Waals surface area contributed by atoms with Crippen LogP contribution in [0.3, 0.4) is 0 Å². The largest absolute Gasteiger partial charge is 0.458 e. The quantitative estimate of drug-likeness (QED) is 0.460. The van der Waals surface area contributed by atoms with Gasteiger partial charge in [-0.3, -0.25) is 14.4 Å². The van der Waals surface area contributed by atoms with Crippen molar-refractivity contribution in [1.29, 1.82) is 0 Å². The predicted molar refractivity (Wildman–Crippen MR) is 118 cm³/mol. The van der Waals surface area contributed by atoms with Crippen LogP contribution in [0.1, 0.15) is 75.2 Å². The minimum Gasteiger partial charge on any atom is -0.458 e. The van der Waals surface area contributed by atoms with E-state index in [4.69, 9.17) is 23.7 Å². The molecule has 2 rings (SSSR count). The normalized spacial score (nSPS) is 31.2. The Morgan fingerprint density at radius 1 is 1.09 bits per heavy atom. The molecule has 1 N–H and O–H groups in total. The van der Waals surface area contributed by atoms with Gasteiger partial charge in [-0.1, -0.05) is 0 Å². The van der Waals surface area contributed by atoms with E-state index in [0.29, 0.717) is 0 Å². The second kappa shape index (κ2) is 9.15. The van der Waals surface area contributed by atoms with Crippen LogP contribution in [0.2, 0.25) is 0 Å².